The number of aryl methyl sites for hydroxylation is 2. The predicted molar refractivity (Wildman–Crippen MR) is 156 cm³/mol. The summed E-state index contributed by atoms with van der Waals surface area (Å²) in [6.45, 7) is 13.8. The highest BCUT2D eigenvalue weighted by Gasteiger charge is 2.34. The first-order valence-corrected chi connectivity index (χ1v) is 13.4. The minimum Gasteiger partial charge on any atom is -0.0651 e. The molecule has 0 amide bonds. The average Bonchev–Trinajstić information content (AvgIpc) is 2.84. The monoisotopic (exact) mass is 450 g/mol. The van der Waals surface area contributed by atoms with Crippen LogP contribution in [0.3, 0.4) is 0 Å². The van der Waals surface area contributed by atoms with Gasteiger partial charge in [0.1, 0.15) is 15.7 Å². The second kappa shape index (κ2) is 11.0. The van der Waals surface area contributed by atoms with E-state index in [1.54, 1.807) is 0 Å². The molecule has 0 N–H and O–H groups in total. The highest BCUT2D eigenvalue weighted by molar-refractivity contribution is 6.19. The van der Waals surface area contributed by atoms with Gasteiger partial charge in [-0.25, -0.2) is 0 Å². The molecule has 4 atom stereocenters. The molecule has 0 spiro atoms. The lowest BCUT2D eigenvalue weighted by Gasteiger charge is -2.37. The lowest BCUT2D eigenvalue weighted by molar-refractivity contribution is 0.449. The summed E-state index contributed by atoms with van der Waals surface area (Å²) >= 11 is 0. The highest BCUT2D eigenvalue weighted by atomic mass is 14.3. The van der Waals surface area contributed by atoms with E-state index in [2.05, 4.69) is 130 Å². The van der Waals surface area contributed by atoms with Crippen LogP contribution in [-0.2, 0) is 10.6 Å². The van der Waals surface area contributed by atoms with Crippen molar-refractivity contribution >= 4 is 15.7 Å². The highest BCUT2D eigenvalue weighted by Crippen LogP contribution is 2.41. The maximum absolute atomic E-state index is 2.53. The Hall–Kier alpha value is -2.21. The molecule has 0 aromatic heterocycles. The summed E-state index contributed by atoms with van der Waals surface area (Å²) in [4.78, 5) is 0. The number of rotatable bonds is 10. The maximum atomic E-state index is 2.53. The molecule has 0 saturated heterocycles. The standard InChI is InChI=1S/C32H44B2/c1-7-23(3)21-31(33,27-16-12-25(5)13-17-27)29-10-9-11-30(20-29)32(34,22-24(4)8-2)28-18-14-26(6)15-19-28/h9-20,23-24H,7-8,21-22,33-34H2,1-6H3. The Morgan fingerprint density at radius 1 is 0.588 bits per heavy atom. The van der Waals surface area contributed by atoms with Gasteiger partial charge in [0, 0.05) is 0 Å². The zero-order chi connectivity index (χ0) is 24.9. The number of benzene rings is 3. The van der Waals surface area contributed by atoms with Crippen LogP contribution >= 0.6 is 0 Å². The van der Waals surface area contributed by atoms with E-state index < -0.39 is 0 Å². The summed E-state index contributed by atoms with van der Waals surface area (Å²) < 4.78 is 0. The third-order valence-electron chi connectivity index (χ3n) is 8.42. The molecule has 4 unspecified atom stereocenters. The first-order valence-electron chi connectivity index (χ1n) is 13.4. The molecule has 0 fully saturated rings. The van der Waals surface area contributed by atoms with E-state index in [0.717, 1.165) is 12.8 Å². The van der Waals surface area contributed by atoms with Crippen molar-refractivity contribution in [2.75, 3.05) is 0 Å². The van der Waals surface area contributed by atoms with Crippen LogP contribution in [0.1, 0.15) is 86.8 Å². The second-order valence-electron chi connectivity index (χ2n) is 11.4. The van der Waals surface area contributed by atoms with Crippen molar-refractivity contribution in [3.05, 3.63) is 106 Å². The third-order valence-corrected chi connectivity index (χ3v) is 8.42. The molecule has 178 valence electrons. The molecule has 0 nitrogen and oxygen atoms in total. The van der Waals surface area contributed by atoms with Gasteiger partial charge in [0.15, 0.2) is 0 Å². The fourth-order valence-corrected chi connectivity index (χ4v) is 5.54. The van der Waals surface area contributed by atoms with Crippen molar-refractivity contribution in [2.45, 2.75) is 77.9 Å². The quantitative estimate of drug-likeness (QED) is 0.294. The number of hydrogen-bond donors (Lipinski definition) is 0. The third kappa shape index (κ3) is 5.70. The van der Waals surface area contributed by atoms with E-state index in [0.29, 0.717) is 11.8 Å². The minimum atomic E-state index is -0.0102. The van der Waals surface area contributed by atoms with Gasteiger partial charge in [-0.3, -0.25) is 0 Å². The fraction of sp³-hybridized carbons (Fsp3) is 0.438. The van der Waals surface area contributed by atoms with E-state index in [-0.39, 0.29) is 10.6 Å². The average molecular weight is 450 g/mol. The molecule has 0 aliphatic rings. The van der Waals surface area contributed by atoms with Crippen molar-refractivity contribution in [3.63, 3.8) is 0 Å². The Morgan fingerprint density at radius 2 is 0.941 bits per heavy atom. The Labute approximate surface area is 211 Å². The van der Waals surface area contributed by atoms with Gasteiger partial charge in [-0.15, -0.1) is 0 Å². The lowest BCUT2D eigenvalue weighted by Crippen LogP contribution is -2.33. The summed E-state index contributed by atoms with van der Waals surface area (Å²) in [5, 5.41) is -0.0204. The van der Waals surface area contributed by atoms with E-state index in [4.69, 9.17) is 0 Å². The predicted octanol–water partition coefficient (Wildman–Crippen LogP) is 6.93. The Kier molecular flexibility index (Phi) is 8.56. The summed E-state index contributed by atoms with van der Waals surface area (Å²) in [7, 11) is 4.92. The smallest absolute Gasteiger partial charge is 0.0651 e. The fourth-order valence-electron chi connectivity index (χ4n) is 5.54. The van der Waals surface area contributed by atoms with Crippen molar-refractivity contribution in [1.29, 1.82) is 0 Å². The van der Waals surface area contributed by atoms with Gasteiger partial charge in [-0.05, 0) is 71.4 Å². The first kappa shape index (κ1) is 26.4. The van der Waals surface area contributed by atoms with Gasteiger partial charge < -0.3 is 0 Å². The molecule has 0 aliphatic heterocycles. The van der Waals surface area contributed by atoms with Crippen LogP contribution < -0.4 is 0 Å². The van der Waals surface area contributed by atoms with Crippen molar-refractivity contribution in [1.82, 2.24) is 0 Å². The zero-order valence-electron chi connectivity index (χ0n) is 22.9. The van der Waals surface area contributed by atoms with Crippen LogP contribution in [0.15, 0.2) is 72.8 Å². The normalized spacial score (nSPS) is 16.9. The molecular formula is C32H44B2. The molecule has 3 aromatic carbocycles. The molecule has 2 heteroatoms. The topological polar surface area (TPSA) is 0 Å². The van der Waals surface area contributed by atoms with E-state index in [1.165, 1.54) is 46.2 Å². The minimum absolute atomic E-state index is 0.0102. The van der Waals surface area contributed by atoms with Crippen LogP contribution in [0.5, 0.6) is 0 Å². The molecule has 3 rings (SSSR count). The van der Waals surface area contributed by atoms with Crippen molar-refractivity contribution in [3.8, 4) is 0 Å². The van der Waals surface area contributed by atoms with Crippen molar-refractivity contribution in [2.24, 2.45) is 11.8 Å². The van der Waals surface area contributed by atoms with Crippen LogP contribution in [-0.4, -0.2) is 15.7 Å². The lowest BCUT2D eigenvalue weighted by atomic mass is 9.53. The largest absolute Gasteiger partial charge is 0.121 e. The number of hydrogen-bond acceptors (Lipinski definition) is 0. The van der Waals surface area contributed by atoms with E-state index in [1.807, 2.05) is 0 Å². The molecule has 3 aromatic rings. The Morgan fingerprint density at radius 3 is 1.26 bits per heavy atom. The van der Waals surface area contributed by atoms with E-state index in [9.17, 15) is 0 Å². The Bertz CT molecular complexity index is 970. The van der Waals surface area contributed by atoms with Crippen molar-refractivity contribution < 1.29 is 0 Å². The SMILES string of the molecule is BC(CC(C)CC)(c1ccc(C)cc1)c1cccc(C(B)(CC(C)CC)c2ccc(C)cc2)c1. The van der Waals surface area contributed by atoms with Crippen LogP contribution in [0.25, 0.3) is 0 Å². The van der Waals surface area contributed by atoms with Crippen LogP contribution in [0, 0.1) is 25.7 Å². The summed E-state index contributed by atoms with van der Waals surface area (Å²) in [5.41, 5.74) is 8.38. The van der Waals surface area contributed by atoms with Crippen LogP contribution in [0.2, 0.25) is 0 Å². The molecule has 0 radical (unpaired) electrons. The summed E-state index contributed by atoms with van der Waals surface area (Å²) in [6.07, 6.45) is 4.72. The molecule has 0 bridgehead atoms. The van der Waals surface area contributed by atoms with Gasteiger partial charge in [-0.1, -0.05) is 124 Å². The molecule has 0 heterocycles. The molecule has 34 heavy (non-hydrogen) atoms. The summed E-state index contributed by atoms with van der Waals surface area (Å²) in [5.74, 6) is 1.33. The second-order valence-corrected chi connectivity index (χ2v) is 11.4. The van der Waals surface area contributed by atoms with Gasteiger partial charge in [-0.2, -0.15) is 0 Å². The first-order chi connectivity index (χ1) is 16.1. The van der Waals surface area contributed by atoms with Gasteiger partial charge in [0.25, 0.3) is 0 Å². The van der Waals surface area contributed by atoms with Crippen LogP contribution in [0.4, 0.5) is 0 Å². The van der Waals surface area contributed by atoms with Gasteiger partial charge >= 0.3 is 0 Å². The van der Waals surface area contributed by atoms with Gasteiger partial charge in [0.2, 0.25) is 0 Å². The molecule has 0 aliphatic carbocycles. The zero-order valence-corrected chi connectivity index (χ0v) is 22.9. The summed E-state index contributed by atoms with van der Waals surface area (Å²) in [6, 6.07) is 28.1. The van der Waals surface area contributed by atoms with Gasteiger partial charge in [0.05, 0.1) is 0 Å². The Balaban J connectivity index is 2.16. The molecule has 0 saturated carbocycles. The molecular weight excluding hydrogens is 406 g/mol. The van der Waals surface area contributed by atoms with E-state index >= 15 is 0 Å². The maximum Gasteiger partial charge on any atom is 0.121 e.